The molecule has 1 aliphatic carbocycles. The van der Waals surface area contributed by atoms with Gasteiger partial charge in [-0.25, -0.2) is 0 Å². The number of anilines is 1. The lowest BCUT2D eigenvalue weighted by Crippen LogP contribution is -2.34. The molecule has 1 fully saturated rings. The maximum absolute atomic E-state index is 12.5. The normalized spacial score (nSPS) is 28.5. The maximum Gasteiger partial charge on any atom is 0.265 e. The van der Waals surface area contributed by atoms with Crippen LogP contribution in [0.1, 0.15) is 43.5 Å². The molecule has 3 atom stereocenters. The molecule has 1 N–H and O–H groups in total. The Morgan fingerprint density at radius 2 is 2.10 bits per heavy atom. The van der Waals surface area contributed by atoms with E-state index < -0.39 is 6.10 Å². The topological polar surface area (TPSA) is 55.4 Å². The number of rotatable bonds is 2. The summed E-state index contributed by atoms with van der Waals surface area (Å²) in [6.07, 6.45) is 2.73. The fraction of sp³-hybridized carbons (Fsp3) is 0.500. The Kier molecular flexibility index (Phi) is 3.24. The minimum absolute atomic E-state index is 0.118. The molecule has 3 rings (SSSR count). The van der Waals surface area contributed by atoms with Gasteiger partial charge in [0.25, 0.3) is 5.91 Å². The summed E-state index contributed by atoms with van der Waals surface area (Å²) in [5.74, 6) is 1.21. The fourth-order valence-electron chi connectivity index (χ4n) is 3.11. The second-order valence-electron chi connectivity index (χ2n) is 5.84. The highest BCUT2D eigenvalue weighted by atomic mass is 16.5. The molecular formula is C16H19NO3. The number of Topliss-reactive ketones (excluding diaryl/α,β-unsaturated/α-hetero) is 1. The minimum Gasteiger partial charge on any atom is -0.479 e. The lowest BCUT2D eigenvalue weighted by molar-refractivity contribution is -0.122. The van der Waals surface area contributed by atoms with E-state index in [1.807, 2.05) is 0 Å². The molecule has 2 aliphatic rings. The Bertz CT molecular complexity index is 567. The van der Waals surface area contributed by atoms with Crippen LogP contribution in [0, 0.1) is 11.8 Å². The van der Waals surface area contributed by atoms with Crippen molar-refractivity contribution in [1.29, 1.82) is 0 Å². The highest BCUT2D eigenvalue weighted by Crippen LogP contribution is 2.36. The van der Waals surface area contributed by atoms with Crippen molar-refractivity contribution in [3.8, 4) is 5.75 Å². The number of hydrogen-bond donors (Lipinski definition) is 1. The van der Waals surface area contributed by atoms with Crippen LogP contribution < -0.4 is 10.1 Å². The van der Waals surface area contributed by atoms with Gasteiger partial charge < -0.3 is 10.1 Å². The minimum atomic E-state index is -0.487. The summed E-state index contributed by atoms with van der Waals surface area (Å²) in [4.78, 5) is 24.2. The van der Waals surface area contributed by atoms with E-state index >= 15 is 0 Å². The summed E-state index contributed by atoms with van der Waals surface area (Å²) in [5, 5.41) is 2.79. The lowest BCUT2D eigenvalue weighted by atomic mass is 9.89. The highest BCUT2D eigenvalue weighted by Gasteiger charge is 2.31. The van der Waals surface area contributed by atoms with Gasteiger partial charge in [-0.2, -0.15) is 0 Å². The first-order valence-electron chi connectivity index (χ1n) is 7.22. The van der Waals surface area contributed by atoms with E-state index in [-0.39, 0.29) is 17.6 Å². The number of hydrogen-bond acceptors (Lipinski definition) is 3. The molecule has 0 spiro atoms. The summed E-state index contributed by atoms with van der Waals surface area (Å²) in [5.41, 5.74) is 1.27. The highest BCUT2D eigenvalue weighted by molar-refractivity contribution is 6.02. The summed E-state index contributed by atoms with van der Waals surface area (Å²) >= 11 is 0. The lowest BCUT2D eigenvalue weighted by Gasteiger charge is -2.24. The Morgan fingerprint density at radius 3 is 2.80 bits per heavy atom. The zero-order valence-electron chi connectivity index (χ0n) is 11.8. The molecule has 0 radical (unpaired) electrons. The molecule has 1 aromatic rings. The van der Waals surface area contributed by atoms with Crippen LogP contribution in [-0.4, -0.2) is 17.8 Å². The number of amides is 1. The van der Waals surface area contributed by atoms with Crippen molar-refractivity contribution >= 4 is 17.4 Å². The van der Waals surface area contributed by atoms with Crippen molar-refractivity contribution in [3.05, 3.63) is 23.8 Å². The number of benzene rings is 1. The molecule has 4 nitrogen and oxygen atoms in total. The van der Waals surface area contributed by atoms with Gasteiger partial charge in [-0.1, -0.05) is 13.3 Å². The van der Waals surface area contributed by atoms with Gasteiger partial charge in [-0.15, -0.1) is 0 Å². The van der Waals surface area contributed by atoms with Crippen molar-refractivity contribution in [3.63, 3.8) is 0 Å². The van der Waals surface area contributed by atoms with Crippen LogP contribution in [0.4, 0.5) is 5.69 Å². The molecule has 1 aromatic carbocycles. The summed E-state index contributed by atoms with van der Waals surface area (Å²) in [6.45, 7) is 3.85. The first-order valence-corrected chi connectivity index (χ1v) is 7.22. The average Bonchev–Trinajstić information content (AvgIpc) is 2.85. The van der Waals surface area contributed by atoms with Crippen LogP contribution in [-0.2, 0) is 4.79 Å². The monoisotopic (exact) mass is 273 g/mol. The van der Waals surface area contributed by atoms with E-state index in [0.717, 1.165) is 19.3 Å². The first-order chi connectivity index (χ1) is 9.56. The molecule has 1 heterocycles. The summed E-state index contributed by atoms with van der Waals surface area (Å²) < 4.78 is 5.50. The van der Waals surface area contributed by atoms with Gasteiger partial charge in [0.15, 0.2) is 11.9 Å². The predicted molar refractivity (Wildman–Crippen MR) is 76.0 cm³/mol. The molecular weight excluding hydrogens is 254 g/mol. The van der Waals surface area contributed by atoms with E-state index in [4.69, 9.17) is 4.74 Å². The van der Waals surface area contributed by atoms with E-state index in [1.54, 1.807) is 25.1 Å². The standard InChI is InChI=1S/C16H19NO3/c1-9-4-3-5-12(9)15(18)11-6-7-14-13(8-11)17-16(19)10(2)20-14/h6-10,12H,3-5H2,1-2H3,(H,17,19). The number of ether oxygens (including phenoxy) is 1. The van der Waals surface area contributed by atoms with Gasteiger partial charge in [0, 0.05) is 11.5 Å². The third-order valence-electron chi connectivity index (χ3n) is 4.39. The second kappa shape index (κ2) is 4.93. The molecule has 0 saturated heterocycles. The van der Waals surface area contributed by atoms with Crippen molar-refractivity contribution in [2.24, 2.45) is 11.8 Å². The molecule has 1 saturated carbocycles. The molecule has 106 valence electrons. The van der Waals surface area contributed by atoms with Gasteiger partial charge in [0.1, 0.15) is 5.75 Å². The Labute approximate surface area is 118 Å². The van der Waals surface area contributed by atoms with Crippen LogP contribution in [0.25, 0.3) is 0 Å². The molecule has 20 heavy (non-hydrogen) atoms. The van der Waals surface area contributed by atoms with Gasteiger partial charge >= 0.3 is 0 Å². The fourth-order valence-corrected chi connectivity index (χ4v) is 3.11. The Balaban J connectivity index is 1.87. The van der Waals surface area contributed by atoms with E-state index in [0.29, 0.717) is 22.9 Å². The quantitative estimate of drug-likeness (QED) is 0.843. The molecule has 3 unspecified atom stereocenters. The van der Waals surface area contributed by atoms with Gasteiger partial charge in [-0.3, -0.25) is 9.59 Å². The molecule has 1 aliphatic heterocycles. The zero-order valence-corrected chi connectivity index (χ0v) is 11.8. The van der Waals surface area contributed by atoms with Crippen molar-refractivity contribution in [2.45, 2.75) is 39.2 Å². The largest absolute Gasteiger partial charge is 0.479 e. The number of nitrogens with one attached hydrogen (secondary N) is 1. The van der Waals surface area contributed by atoms with E-state index in [1.165, 1.54) is 0 Å². The Hall–Kier alpha value is -1.84. The second-order valence-corrected chi connectivity index (χ2v) is 5.84. The third kappa shape index (κ3) is 2.19. The van der Waals surface area contributed by atoms with Gasteiger partial charge in [0.05, 0.1) is 5.69 Å². The van der Waals surface area contributed by atoms with Crippen molar-refractivity contribution in [2.75, 3.05) is 5.32 Å². The van der Waals surface area contributed by atoms with E-state index in [9.17, 15) is 9.59 Å². The number of fused-ring (bicyclic) bond motifs is 1. The Morgan fingerprint density at radius 1 is 1.30 bits per heavy atom. The van der Waals surface area contributed by atoms with Crippen LogP contribution in [0.3, 0.4) is 0 Å². The van der Waals surface area contributed by atoms with Gasteiger partial charge in [0.2, 0.25) is 0 Å². The van der Waals surface area contributed by atoms with Crippen molar-refractivity contribution in [1.82, 2.24) is 0 Å². The van der Waals surface area contributed by atoms with E-state index in [2.05, 4.69) is 12.2 Å². The van der Waals surface area contributed by atoms with Crippen molar-refractivity contribution < 1.29 is 14.3 Å². The number of carbonyl (C=O) groups is 2. The molecule has 4 heteroatoms. The predicted octanol–water partition coefficient (Wildman–Crippen LogP) is 3.02. The first kappa shape index (κ1) is 13.2. The average molecular weight is 273 g/mol. The number of ketones is 1. The maximum atomic E-state index is 12.5. The van der Waals surface area contributed by atoms with Gasteiger partial charge in [-0.05, 0) is 43.9 Å². The SMILES string of the molecule is CC1Oc2ccc(C(=O)C3CCCC3C)cc2NC1=O. The van der Waals surface area contributed by atoms with Crippen LogP contribution in [0.2, 0.25) is 0 Å². The summed E-state index contributed by atoms with van der Waals surface area (Å²) in [7, 11) is 0. The third-order valence-corrected chi connectivity index (χ3v) is 4.39. The molecule has 1 amide bonds. The molecule has 0 aromatic heterocycles. The summed E-state index contributed by atoms with van der Waals surface area (Å²) in [6, 6.07) is 5.32. The van der Waals surface area contributed by atoms with Crippen LogP contribution in [0.15, 0.2) is 18.2 Å². The zero-order chi connectivity index (χ0) is 14.3. The number of carbonyl (C=O) groups excluding carboxylic acids is 2. The smallest absolute Gasteiger partial charge is 0.265 e. The molecule has 0 bridgehead atoms. The van der Waals surface area contributed by atoms with Crippen LogP contribution in [0.5, 0.6) is 5.75 Å². The van der Waals surface area contributed by atoms with Crippen LogP contribution >= 0.6 is 0 Å².